The number of benzene rings is 1. The van der Waals surface area contributed by atoms with E-state index in [4.69, 9.17) is 4.74 Å². The van der Waals surface area contributed by atoms with Crippen LogP contribution in [0.1, 0.15) is 0 Å². The van der Waals surface area contributed by atoms with E-state index in [-0.39, 0.29) is 18.0 Å². The summed E-state index contributed by atoms with van der Waals surface area (Å²) in [5.74, 6) is -0.134. The molecule has 8 heteroatoms. The van der Waals surface area contributed by atoms with Gasteiger partial charge in [0.25, 0.3) is 5.56 Å². The lowest BCUT2D eigenvalue weighted by molar-refractivity contribution is -0.136. The summed E-state index contributed by atoms with van der Waals surface area (Å²) >= 11 is 0. The fourth-order valence-electron chi connectivity index (χ4n) is 2.84. The minimum Gasteiger partial charge on any atom is -0.378 e. The first kappa shape index (κ1) is 15.5. The summed E-state index contributed by atoms with van der Waals surface area (Å²) in [7, 11) is 0. The average Bonchev–Trinajstić information content (AvgIpc) is 3.11. The van der Waals surface area contributed by atoms with Crippen molar-refractivity contribution in [3.63, 3.8) is 0 Å². The van der Waals surface area contributed by atoms with Gasteiger partial charge in [0.15, 0.2) is 0 Å². The summed E-state index contributed by atoms with van der Waals surface area (Å²) in [4.78, 5) is 26.7. The van der Waals surface area contributed by atoms with Crippen molar-refractivity contribution < 1.29 is 9.53 Å². The molecule has 4 rings (SSSR count). The van der Waals surface area contributed by atoms with Gasteiger partial charge in [-0.2, -0.15) is 10.2 Å². The van der Waals surface area contributed by atoms with E-state index in [9.17, 15) is 9.59 Å². The number of rotatable bonds is 3. The minimum atomic E-state index is -0.334. The molecular formula is C17H17N5O3. The summed E-state index contributed by atoms with van der Waals surface area (Å²) in [6.45, 7) is 2.05. The maximum Gasteiger partial charge on any atom is 0.293 e. The summed E-state index contributed by atoms with van der Waals surface area (Å²) in [6, 6.07) is 11.3. The number of amides is 1. The zero-order valence-corrected chi connectivity index (χ0v) is 13.5. The number of hydrogen-bond donors (Lipinski definition) is 0. The largest absolute Gasteiger partial charge is 0.378 e. The van der Waals surface area contributed by atoms with Crippen LogP contribution in [-0.4, -0.2) is 56.5 Å². The number of carbonyl (C=O) groups excluding carboxylic acids is 1. The second-order valence-electron chi connectivity index (χ2n) is 5.81. The maximum atomic E-state index is 12.6. The third-order valence-corrected chi connectivity index (χ3v) is 4.21. The molecule has 1 amide bonds. The van der Waals surface area contributed by atoms with E-state index in [0.717, 1.165) is 5.56 Å². The van der Waals surface area contributed by atoms with E-state index in [0.29, 0.717) is 37.5 Å². The number of aromatic nitrogens is 4. The van der Waals surface area contributed by atoms with Crippen LogP contribution in [0.5, 0.6) is 0 Å². The van der Waals surface area contributed by atoms with Gasteiger partial charge in [0.05, 0.1) is 18.9 Å². The molecule has 0 atom stereocenters. The highest BCUT2D eigenvalue weighted by Crippen LogP contribution is 2.17. The van der Waals surface area contributed by atoms with Crippen LogP contribution in [0, 0.1) is 0 Å². The summed E-state index contributed by atoms with van der Waals surface area (Å²) in [6.07, 6.45) is 1.45. The van der Waals surface area contributed by atoms with Gasteiger partial charge in [-0.05, 0) is 6.07 Å². The summed E-state index contributed by atoms with van der Waals surface area (Å²) < 4.78 is 7.87. The van der Waals surface area contributed by atoms with Crippen LogP contribution in [0.25, 0.3) is 16.8 Å². The van der Waals surface area contributed by atoms with Gasteiger partial charge in [-0.3, -0.25) is 9.59 Å². The van der Waals surface area contributed by atoms with Crippen molar-refractivity contribution in [2.75, 3.05) is 26.3 Å². The van der Waals surface area contributed by atoms with Crippen molar-refractivity contribution in [1.82, 2.24) is 24.3 Å². The number of carbonyl (C=O) groups is 1. The van der Waals surface area contributed by atoms with E-state index in [1.165, 1.54) is 15.5 Å². The average molecular weight is 339 g/mol. The van der Waals surface area contributed by atoms with Crippen molar-refractivity contribution >= 4 is 11.4 Å². The normalized spacial score (nSPS) is 14.8. The Bertz CT molecular complexity index is 957. The number of ether oxygens (including phenoxy) is 1. The molecule has 0 aliphatic carbocycles. The minimum absolute atomic E-state index is 0.0822. The molecule has 3 aromatic rings. The molecule has 1 aliphatic rings. The molecule has 0 spiro atoms. The third kappa shape index (κ3) is 3.03. The molecule has 0 radical (unpaired) electrons. The molecule has 1 fully saturated rings. The van der Waals surface area contributed by atoms with Gasteiger partial charge in [0.1, 0.15) is 18.4 Å². The SMILES string of the molecule is O=C(Cn1ncn2nc(-c3ccccc3)cc2c1=O)N1CCOCC1. The number of nitrogens with zero attached hydrogens (tertiary/aromatic N) is 5. The van der Waals surface area contributed by atoms with Crippen molar-refractivity contribution in [2.24, 2.45) is 0 Å². The van der Waals surface area contributed by atoms with Crippen LogP contribution in [0.2, 0.25) is 0 Å². The fraction of sp³-hybridized carbons (Fsp3) is 0.294. The first-order valence-electron chi connectivity index (χ1n) is 8.09. The molecule has 8 nitrogen and oxygen atoms in total. The molecule has 0 saturated carbocycles. The lowest BCUT2D eigenvalue weighted by Gasteiger charge is -2.26. The van der Waals surface area contributed by atoms with Crippen LogP contribution in [0.15, 0.2) is 47.5 Å². The number of hydrogen-bond acceptors (Lipinski definition) is 5. The van der Waals surface area contributed by atoms with Gasteiger partial charge in [0.2, 0.25) is 5.91 Å². The second-order valence-corrected chi connectivity index (χ2v) is 5.81. The smallest absolute Gasteiger partial charge is 0.293 e. The van der Waals surface area contributed by atoms with Crippen LogP contribution in [0.4, 0.5) is 0 Å². The van der Waals surface area contributed by atoms with E-state index in [1.54, 1.807) is 11.0 Å². The van der Waals surface area contributed by atoms with Gasteiger partial charge in [-0.15, -0.1) is 0 Å². The predicted molar refractivity (Wildman–Crippen MR) is 90.1 cm³/mol. The Kier molecular flexibility index (Phi) is 4.02. The lowest BCUT2D eigenvalue weighted by atomic mass is 10.1. The van der Waals surface area contributed by atoms with Gasteiger partial charge >= 0.3 is 0 Å². The molecule has 128 valence electrons. The molecule has 25 heavy (non-hydrogen) atoms. The van der Waals surface area contributed by atoms with E-state index < -0.39 is 0 Å². The van der Waals surface area contributed by atoms with E-state index in [1.807, 2.05) is 30.3 Å². The monoisotopic (exact) mass is 339 g/mol. The highest BCUT2D eigenvalue weighted by atomic mass is 16.5. The zero-order chi connectivity index (χ0) is 17.2. The highest BCUT2D eigenvalue weighted by molar-refractivity contribution is 5.76. The molecule has 3 heterocycles. The Balaban J connectivity index is 1.63. The zero-order valence-electron chi connectivity index (χ0n) is 13.5. The predicted octanol–water partition coefficient (Wildman–Crippen LogP) is 0.417. The van der Waals surface area contributed by atoms with Gasteiger partial charge in [0, 0.05) is 18.7 Å². The maximum absolute atomic E-state index is 12.6. The van der Waals surface area contributed by atoms with E-state index >= 15 is 0 Å². The lowest BCUT2D eigenvalue weighted by Crippen LogP contribution is -2.43. The van der Waals surface area contributed by atoms with Gasteiger partial charge < -0.3 is 9.64 Å². The quantitative estimate of drug-likeness (QED) is 0.691. The highest BCUT2D eigenvalue weighted by Gasteiger charge is 2.19. The van der Waals surface area contributed by atoms with Crippen LogP contribution >= 0.6 is 0 Å². The van der Waals surface area contributed by atoms with E-state index in [2.05, 4.69) is 10.2 Å². The molecule has 0 unspecified atom stereocenters. The third-order valence-electron chi connectivity index (χ3n) is 4.21. The van der Waals surface area contributed by atoms with Crippen molar-refractivity contribution in [2.45, 2.75) is 6.54 Å². The number of morpholine rings is 1. The Morgan fingerprint density at radius 3 is 2.68 bits per heavy atom. The van der Waals surface area contributed by atoms with Crippen LogP contribution in [0.3, 0.4) is 0 Å². The summed E-state index contributed by atoms with van der Waals surface area (Å²) in [5.41, 5.74) is 1.67. The molecular weight excluding hydrogens is 322 g/mol. The van der Waals surface area contributed by atoms with Crippen molar-refractivity contribution in [3.05, 3.63) is 53.1 Å². The first-order valence-corrected chi connectivity index (χ1v) is 8.09. The Hall–Kier alpha value is -3.00. The topological polar surface area (TPSA) is 81.7 Å². The fourth-order valence-corrected chi connectivity index (χ4v) is 2.84. The molecule has 0 N–H and O–H groups in total. The molecule has 1 aliphatic heterocycles. The Morgan fingerprint density at radius 1 is 1.16 bits per heavy atom. The standard InChI is InChI=1S/C17H17N5O3/c23-16(20-6-8-25-9-7-20)11-21-17(24)15-10-14(19-22(15)12-18-21)13-4-2-1-3-5-13/h1-5,10,12H,6-9,11H2. The van der Waals surface area contributed by atoms with Crippen LogP contribution < -0.4 is 5.56 Å². The second kappa shape index (κ2) is 6.48. The Labute approximate surface area is 143 Å². The Morgan fingerprint density at radius 2 is 1.92 bits per heavy atom. The summed E-state index contributed by atoms with van der Waals surface area (Å²) in [5, 5.41) is 8.46. The molecule has 2 aromatic heterocycles. The van der Waals surface area contributed by atoms with Gasteiger partial charge in [-0.25, -0.2) is 9.20 Å². The first-order chi connectivity index (χ1) is 12.2. The van der Waals surface area contributed by atoms with Gasteiger partial charge in [-0.1, -0.05) is 30.3 Å². The van der Waals surface area contributed by atoms with Crippen molar-refractivity contribution in [1.29, 1.82) is 0 Å². The van der Waals surface area contributed by atoms with Crippen molar-refractivity contribution in [3.8, 4) is 11.3 Å². The number of fused-ring (bicyclic) bond motifs is 1. The molecule has 0 bridgehead atoms. The molecule has 1 aromatic carbocycles. The molecule has 1 saturated heterocycles. The van der Waals surface area contributed by atoms with Crippen LogP contribution in [-0.2, 0) is 16.1 Å².